The van der Waals surface area contributed by atoms with Crippen molar-refractivity contribution in [3.05, 3.63) is 59.0 Å². The van der Waals surface area contributed by atoms with Crippen LogP contribution in [0.3, 0.4) is 0 Å². The highest BCUT2D eigenvalue weighted by atomic mass is 19.1. The molecule has 1 aromatic heterocycles. The molecule has 2 aromatic carbocycles. The molecule has 2 heterocycles. The molecule has 1 aliphatic rings. The van der Waals surface area contributed by atoms with E-state index in [1.54, 1.807) is 19.2 Å². The van der Waals surface area contributed by atoms with Crippen molar-refractivity contribution < 1.29 is 13.9 Å². The smallest absolute Gasteiger partial charge is 0.252 e. The molecule has 8 heteroatoms. The Labute approximate surface area is 199 Å². The second kappa shape index (κ2) is 9.95. The average Bonchev–Trinajstić information content (AvgIpc) is 2.84. The molecule has 1 aliphatic heterocycles. The summed E-state index contributed by atoms with van der Waals surface area (Å²) in [7, 11) is 1.65. The van der Waals surface area contributed by atoms with Gasteiger partial charge >= 0.3 is 0 Å². The van der Waals surface area contributed by atoms with Gasteiger partial charge < -0.3 is 26.4 Å². The third-order valence-corrected chi connectivity index (χ3v) is 6.71. The highest BCUT2D eigenvalue weighted by molar-refractivity contribution is 6.07. The lowest BCUT2D eigenvalue weighted by Gasteiger charge is -2.35. The van der Waals surface area contributed by atoms with Crippen molar-refractivity contribution in [2.75, 3.05) is 25.5 Å². The van der Waals surface area contributed by atoms with Crippen molar-refractivity contribution in [3.63, 3.8) is 0 Å². The molecule has 0 atom stereocenters. The van der Waals surface area contributed by atoms with Gasteiger partial charge in [-0.15, -0.1) is 0 Å². The number of halogens is 1. The third kappa shape index (κ3) is 4.69. The van der Waals surface area contributed by atoms with Gasteiger partial charge in [0.2, 0.25) is 0 Å². The molecule has 1 saturated heterocycles. The Morgan fingerprint density at radius 2 is 2.00 bits per heavy atom. The fraction of sp³-hybridized carbons (Fsp3) is 0.385. The van der Waals surface area contributed by atoms with E-state index in [2.05, 4.69) is 29.0 Å². The molecule has 0 unspecified atom stereocenters. The molecule has 3 aromatic rings. The summed E-state index contributed by atoms with van der Waals surface area (Å²) in [6, 6.07) is 9.14. The minimum atomic E-state index is -0.640. The number of nitrogens with zero attached hydrogens (tertiary/aromatic N) is 2. The van der Waals surface area contributed by atoms with Gasteiger partial charge in [0.1, 0.15) is 11.6 Å². The number of amides is 1. The van der Waals surface area contributed by atoms with Gasteiger partial charge in [0.25, 0.3) is 5.91 Å². The Morgan fingerprint density at radius 3 is 2.59 bits per heavy atom. The monoisotopic (exact) mass is 465 g/mol. The minimum absolute atomic E-state index is 0.195. The van der Waals surface area contributed by atoms with Gasteiger partial charge in [0, 0.05) is 30.2 Å². The van der Waals surface area contributed by atoms with Crippen LogP contribution in [0.2, 0.25) is 0 Å². The summed E-state index contributed by atoms with van der Waals surface area (Å²) in [4.78, 5) is 19.2. The number of piperidine rings is 1. The minimum Gasteiger partial charge on any atom is -0.496 e. The maximum absolute atomic E-state index is 14.8. The van der Waals surface area contributed by atoms with E-state index in [4.69, 9.17) is 16.2 Å². The SMILES string of the molecule is COc1cc2ncc(C(N)=O)c(Nc3ccc(CN)cc3F)c2cc1C1CCN(C(C)C)CC1. The van der Waals surface area contributed by atoms with Crippen LogP contribution in [0.1, 0.15) is 54.1 Å². The molecule has 0 radical (unpaired) electrons. The predicted molar refractivity (Wildman–Crippen MR) is 133 cm³/mol. The highest BCUT2D eigenvalue weighted by Gasteiger charge is 2.26. The lowest BCUT2D eigenvalue weighted by molar-refractivity contribution is 0.100. The number of likely N-dealkylation sites (tertiary alicyclic amines) is 1. The normalized spacial score (nSPS) is 15.1. The van der Waals surface area contributed by atoms with E-state index in [0.29, 0.717) is 34.1 Å². The molecule has 5 N–H and O–H groups in total. The molecule has 1 amide bonds. The lowest BCUT2D eigenvalue weighted by atomic mass is 9.87. The first-order valence-corrected chi connectivity index (χ1v) is 11.6. The van der Waals surface area contributed by atoms with E-state index in [1.807, 2.05) is 12.1 Å². The van der Waals surface area contributed by atoms with E-state index < -0.39 is 11.7 Å². The number of nitrogens with two attached hydrogens (primary N) is 2. The predicted octanol–water partition coefficient (Wildman–Crippen LogP) is 4.27. The van der Waals surface area contributed by atoms with Crippen LogP contribution in [0.25, 0.3) is 10.9 Å². The molecular weight excluding hydrogens is 433 g/mol. The molecule has 180 valence electrons. The Bertz CT molecular complexity index is 1210. The Hall–Kier alpha value is -3.23. The number of primary amides is 1. The summed E-state index contributed by atoms with van der Waals surface area (Å²) in [5.74, 6) is -0.0316. The van der Waals surface area contributed by atoms with E-state index >= 15 is 0 Å². The largest absolute Gasteiger partial charge is 0.496 e. The fourth-order valence-electron chi connectivity index (χ4n) is 4.70. The van der Waals surface area contributed by atoms with Crippen LogP contribution in [0.4, 0.5) is 15.8 Å². The zero-order valence-corrected chi connectivity index (χ0v) is 19.9. The van der Waals surface area contributed by atoms with Gasteiger partial charge in [-0.2, -0.15) is 0 Å². The number of hydrogen-bond donors (Lipinski definition) is 3. The Morgan fingerprint density at radius 1 is 1.26 bits per heavy atom. The molecule has 0 spiro atoms. The van der Waals surface area contributed by atoms with Crippen molar-refractivity contribution in [1.29, 1.82) is 0 Å². The van der Waals surface area contributed by atoms with E-state index in [-0.39, 0.29) is 17.8 Å². The molecule has 1 fully saturated rings. The number of pyridine rings is 1. The van der Waals surface area contributed by atoms with Crippen molar-refractivity contribution in [2.45, 2.75) is 45.2 Å². The van der Waals surface area contributed by atoms with Crippen molar-refractivity contribution in [1.82, 2.24) is 9.88 Å². The number of rotatable bonds is 7. The van der Waals surface area contributed by atoms with Crippen molar-refractivity contribution in [3.8, 4) is 5.75 Å². The third-order valence-electron chi connectivity index (χ3n) is 6.71. The number of anilines is 2. The topological polar surface area (TPSA) is 106 Å². The first-order chi connectivity index (χ1) is 16.3. The maximum atomic E-state index is 14.8. The molecular formula is C26H32FN5O2. The maximum Gasteiger partial charge on any atom is 0.252 e. The molecule has 4 rings (SSSR count). The standard InChI is InChI=1S/C26H32FN5O2/c1-15(2)32-8-6-17(7-9-32)18-11-19-23(12-24(18)34-3)30-14-20(26(29)33)25(19)31-22-5-4-16(13-28)10-21(22)27/h4-5,10-12,14-15,17H,6-9,13,28H2,1-3H3,(H2,29,33)(H,30,31). The number of carbonyl (C=O) groups is 1. The molecule has 0 saturated carbocycles. The molecule has 34 heavy (non-hydrogen) atoms. The summed E-state index contributed by atoms with van der Waals surface area (Å²) >= 11 is 0. The zero-order valence-electron chi connectivity index (χ0n) is 19.9. The van der Waals surface area contributed by atoms with Crippen LogP contribution in [-0.2, 0) is 6.54 Å². The first kappa shape index (κ1) is 23.9. The van der Waals surface area contributed by atoms with Crippen LogP contribution in [0.5, 0.6) is 5.75 Å². The van der Waals surface area contributed by atoms with Gasteiger partial charge in [-0.3, -0.25) is 9.78 Å². The van der Waals surface area contributed by atoms with Crippen LogP contribution >= 0.6 is 0 Å². The van der Waals surface area contributed by atoms with E-state index in [9.17, 15) is 9.18 Å². The Kier molecular flexibility index (Phi) is 7.00. The fourth-order valence-corrected chi connectivity index (χ4v) is 4.70. The number of nitrogens with one attached hydrogen (secondary N) is 1. The van der Waals surface area contributed by atoms with Gasteiger partial charge in [0.15, 0.2) is 0 Å². The summed E-state index contributed by atoms with van der Waals surface area (Å²) in [5, 5.41) is 3.80. The zero-order chi connectivity index (χ0) is 24.4. The summed E-state index contributed by atoms with van der Waals surface area (Å²) in [5.41, 5.74) is 14.5. The summed E-state index contributed by atoms with van der Waals surface area (Å²) in [6.45, 7) is 6.68. The number of hydrogen-bond acceptors (Lipinski definition) is 6. The number of ether oxygens (including phenoxy) is 1. The van der Waals surface area contributed by atoms with Gasteiger partial charge in [-0.1, -0.05) is 6.07 Å². The summed E-state index contributed by atoms with van der Waals surface area (Å²) in [6.07, 6.45) is 3.42. The van der Waals surface area contributed by atoms with Crippen molar-refractivity contribution in [2.24, 2.45) is 11.5 Å². The van der Waals surface area contributed by atoms with Crippen LogP contribution in [0, 0.1) is 5.82 Å². The number of carbonyl (C=O) groups excluding carboxylic acids is 1. The van der Waals surface area contributed by atoms with Crippen LogP contribution < -0.4 is 21.5 Å². The van der Waals surface area contributed by atoms with E-state index in [1.165, 1.54) is 12.3 Å². The molecule has 0 bridgehead atoms. The van der Waals surface area contributed by atoms with Gasteiger partial charge in [-0.05, 0) is 75.0 Å². The average molecular weight is 466 g/mol. The lowest BCUT2D eigenvalue weighted by Crippen LogP contribution is -2.37. The number of methoxy groups -OCH3 is 1. The van der Waals surface area contributed by atoms with E-state index in [0.717, 1.165) is 37.2 Å². The Balaban J connectivity index is 1.81. The van der Waals surface area contributed by atoms with Crippen molar-refractivity contribution >= 4 is 28.2 Å². The second-order valence-corrected chi connectivity index (χ2v) is 9.07. The number of fused-ring (bicyclic) bond motifs is 1. The van der Waals surface area contributed by atoms with Crippen LogP contribution in [-0.4, -0.2) is 42.0 Å². The molecule has 0 aliphatic carbocycles. The second-order valence-electron chi connectivity index (χ2n) is 9.07. The first-order valence-electron chi connectivity index (χ1n) is 11.6. The van der Waals surface area contributed by atoms with Crippen LogP contribution in [0.15, 0.2) is 36.5 Å². The van der Waals surface area contributed by atoms with Gasteiger partial charge in [0.05, 0.1) is 29.6 Å². The summed E-state index contributed by atoms with van der Waals surface area (Å²) < 4.78 is 20.5. The molecule has 7 nitrogen and oxygen atoms in total. The highest BCUT2D eigenvalue weighted by Crippen LogP contribution is 2.40. The number of aromatic nitrogens is 1. The quantitative estimate of drug-likeness (QED) is 0.481. The number of benzene rings is 2. The van der Waals surface area contributed by atoms with Gasteiger partial charge in [-0.25, -0.2) is 4.39 Å².